The van der Waals surface area contributed by atoms with Gasteiger partial charge >= 0.3 is 6.18 Å². The molecule has 0 bridgehead atoms. The number of nitrogens with two attached hydrogens (primary N) is 1. The van der Waals surface area contributed by atoms with Crippen molar-refractivity contribution in [3.05, 3.63) is 40.2 Å². The Morgan fingerprint density at radius 1 is 1.35 bits per heavy atom. The molecular formula is C12H8ClF3N2O2. The molecule has 0 aliphatic heterocycles. The minimum atomic E-state index is -4.72. The third-order valence-corrected chi connectivity index (χ3v) is 2.67. The molecule has 0 aliphatic carbocycles. The van der Waals surface area contributed by atoms with E-state index in [0.29, 0.717) is 11.8 Å². The molecule has 1 aromatic carbocycles. The maximum Gasteiger partial charge on any atom is 0.449 e. The number of halogens is 4. The van der Waals surface area contributed by atoms with E-state index in [0.717, 1.165) is 0 Å². The zero-order chi connectivity index (χ0) is 14.9. The average Bonchev–Trinajstić information content (AvgIpc) is 2.38. The lowest BCUT2D eigenvalue weighted by Crippen LogP contribution is -2.12. The van der Waals surface area contributed by atoms with Gasteiger partial charge in [0.05, 0.1) is 17.0 Å². The molecule has 106 valence electrons. The Kier molecular flexibility index (Phi) is 3.71. The van der Waals surface area contributed by atoms with Gasteiger partial charge in [0.1, 0.15) is 11.4 Å². The molecule has 0 fully saturated rings. The fourth-order valence-electron chi connectivity index (χ4n) is 1.55. The van der Waals surface area contributed by atoms with Crippen LogP contribution in [0.1, 0.15) is 5.76 Å². The minimum absolute atomic E-state index is 0.000341. The molecule has 4 nitrogen and oxygen atoms in total. The Morgan fingerprint density at radius 2 is 2.05 bits per heavy atom. The first-order valence-electron chi connectivity index (χ1n) is 5.35. The molecule has 1 aromatic heterocycles. The maximum atomic E-state index is 12.5. The molecular weight excluding hydrogens is 297 g/mol. The molecule has 8 heteroatoms. The SMILES string of the molecule is NC(CCl)=Nc1ccc2oc(C(F)(F)F)cc(=O)c2c1. The molecule has 0 atom stereocenters. The molecule has 2 aromatic rings. The largest absolute Gasteiger partial charge is 0.451 e. The van der Waals surface area contributed by atoms with E-state index in [-0.39, 0.29) is 22.7 Å². The highest BCUT2D eigenvalue weighted by Crippen LogP contribution is 2.30. The topological polar surface area (TPSA) is 68.6 Å². The number of amidine groups is 1. The van der Waals surface area contributed by atoms with Crippen LogP contribution in [0.25, 0.3) is 11.0 Å². The zero-order valence-electron chi connectivity index (χ0n) is 9.87. The molecule has 0 saturated carbocycles. The van der Waals surface area contributed by atoms with E-state index in [1.165, 1.54) is 18.2 Å². The van der Waals surface area contributed by atoms with E-state index in [9.17, 15) is 18.0 Å². The van der Waals surface area contributed by atoms with Crippen LogP contribution in [0.2, 0.25) is 0 Å². The van der Waals surface area contributed by atoms with Crippen molar-refractivity contribution >= 4 is 34.1 Å². The van der Waals surface area contributed by atoms with Crippen molar-refractivity contribution in [2.24, 2.45) is 10.7 Å². The van der Waals surface area contributed by atoms with Crippen molar-refractivity contribution in [3.63, 3.8) is 0 Å². The number of benzene rings is 1. The van der Waals surface area contributed by atoms with Crippen LogP contribution in [-0.2, 0) is 6.18 Å². The summed E-state index contributed by atoms with van der Waals surface area (Å²) in [4.78, 5) is 15.6. The van der Waals surface area contributed by atoms with E-state index in [4.69, 9.17) is 17.3 Å². The van der Waals surface area contributed by atoms with Crippen molar-refractivity contribution in [1.82, 2.24) is 0 Å². The van der Waals surface area contributed by atoms with Crippen LogP contribution < -0.4 is 11.2 Å². The van der Waals surface area contributed by atoms with Gasteiger partial charge in [-0.05, 0) is 18.2 Å². The Morgan fingerprint density at radius 3 is 2.65 bits per heavy atom. The lowest BCUT2D eigenvalue weighted by atomic mass is 10.2. The van der Waals surface area contributed by atoms with E-state index in [2.05, 4.69) is 9.41 Å². The normalized spacial score (nSPS) is 12.9. The average molecular weight is 305 g/mol. The second-order valence-corrected chi connectivity index (χ2v) is 4.16. The van der Waals surface area contributed by atoms with Crippen LogP contribution in [0.4, 0.5) is 18.9 Å². The number of hydrogen-bond acceptors (Lipinski definition) is 3. The van der Waals surface area contributed by atoms with Crippen molar-refractivity contribution in [2.75, 3.05) is 5.88 Å². The summed E-state index contributed by atoms with van der Waals surface area (Å²) in [6, 6.07) is 4.30. The Labute approximate surface area is 115 Å². The number of hydrogen-bond donors (Lipinski definition) is 1. The highest BCUT2D eigenvalue weighted by atomic mass is 35.5. The van der Waals surface area contributed by atoms with Gasteiger partial charge in [-0.15, -0.1) is 11.6 Å². The van der Waals surface area contributed by atoms with Gasteiger partial charge in [-0.3, -0.25) is 4.79 Å². The van der Waals surface area contributed by atoms with Gasteiger partial charge in [-0.25, -0.2) is 4.99 Å². The molecule has 1 heterocycles. The Balaban J connectivity index is 2.61. The van der Waals surface area contributed by atoms with Gasteiger partial charge in [0.15, 0.2) is 5.43 Å². The molecule has 2 N–H and O–H groups in total. The van der Waals surface area contributed by atoms with Crippen molar-refractivity contribution in [3.8, 4) is 0 Å². The predicted molar refractivity (Wildman–Crippen MR) is 69.5 cm³/mol. The molecule has 0 aliphatic rings. The second-order valence-electron chi connectivity index (χ2n) is 3.89. The first-order valence-corrected chi connectivity index (χ1v) is 5.89. The van der Waals surface area contributed by atoms with Crippen molar-refractivity contribution in [1.29, 1.82) is 0 Å². The van der Waals surface area contributed by atoms with E-state index in [1.54, 1.807) is 0 Å². The summed E-state index contributed by atoms with van der Waals surface area (Å²) in [5, 5.41) is -0.0124. The van der Waals surface area contributed by atoms with Crippen LogP contribution in [0.5, 0.6) is 0 Å². The number of alkyl halides is 4. The van der Waals surface area contributed by atoms with Crippen LogP contribution >= 0.6 is 11.6 Å². The van der Waals surface area contributed by atoms with Gasteiger partial charge in [-0.1, -0.05) is 0 Å². The molecule has 2 rings (SSSR count). The summed E-state index contributed by atoms with van der Waals surface area (Å²) in [6.07, 6.45) is -4.72. The lowest BCUT2D eigenvalue weighted by molar-refractivity contribution is -0.152. The molecule has 0 saturated heterocycles. The molecule has 0 spiro atoms. The lowest BCUT2D eigenvalue weighted by Gasteiger charge is -2.06. The van der Waals surface area contributed by atoms with Crippen molar-refractivity contribution in [2.45, 2.75) is 6.18 Å². The fourth-order valence-corrected chi connectivity index (χ4v) is 1.61. The van der Waals surface area contributed by atoms with Crippen molar-refractivity contribution < 1.29 is 17.6 Å². The summed E-state index contributed by atoms with van der Waals surface area (Å²) in [5.74, 6) is -1.21. The molecule has 0 radical (unpaired) electrons. The van der Waals surface area contributed by atoms with Crippen LogP contribution in [0.3, 0.4) is 0 Å². The third kappa shape index (κ3) is 2.93. The van der Waals surface area contributed by atoms with Gasteiger partial charge in [0, 0.05) is 6.07 Å². The summed E-state index contributed by atoms with van der Waals surface area (Å²) < 4.78 is 42.2. The van der Waals surface area contributed by atoms with E-state index >= 15 is 0 Å². The van der Waals surface area contributed by atoms with Crippen LogP contribution in [0, 0.1) is 0 Å². The Bertz CT molecular complexity index is 738. The first-order chi connectivity index (χ1) is 9.31. The van der Waals surface area contributed by atoms with E-state index in [1.807, 2.05) is 0 Å². The number of nitrogens with zero attached hydrogens (tertiary/aromatic N) is 1. The molecule has 0 amide bonds. The summed E-state index contributed by atoms with van der Waals surface area (Å²) in [6.45, 7) is 0. The van der Waals surface area contributed by atoms with Crippen LogP contribution in [0.15, 0.2) is 38.5 Å². The molecule has 20 heavy (non-hydrogen) atoms. The van der Waals surface area contributed by atoms with Gasteiger partial charge < -0.3 is 10.2 Å². The monoisotopic (exact) mass is 304 g/mol. The van der Waals surface area contributed by atoms with Gasteiger partial charge in [0.2, 0.25) is 5.76 Å². The minimum Gasteiger partial charge on any atom is -0.451 e. The Hall–Kier alpha value is -2.02. The third-order valence-electron chi connectivity index (χ3n) is 2.40. The van der Waals surface area contributed by atoms with Gasteiger partial charge in [-0.2, -0.15) is 13.2 Å². The highest BCUT2D eigenvalue weighted by molar-refractivity contribution is 6.28. The fraction of sp³-hybridized carbons (Fsp3) is 0.167. The molecule has 0 unspecified atom stereocenters. The summed E-state index contributed by atoms with van der Waals surface area (Å²) in [7, 11) is 0. The standard InChI is InChI=1S/C12H8ClF3N2O2/c13-5-11(17)18-6-1-2-9-7(3-6)8(19)4-10(20-9)12(14,15)16/h1-4H,5H2,(H2,17,18). The first kappa shape index (κ1) is 14.4. The summed E-state index contributed by atoms with van der Waals surface area (Å²) in [5.41, 5.74) is 4.77. The predicted octanol–water partition coefficient (Wildman–Crippen LogP) is 3.04. The number of rotatable bonds is 2. The quantitative estimate of drug-likeness (QED) is 0.527. The maximum absolute atomic E-state index is 12.5. The van der Waals surface area contributed by atoms with Crippen LogP contribution in [-0.4, -0.2) is 11.7 Å². The summed E-state index contributed by atoms with van der Waals surface area (Å²) >= 11 is 5.46. The van der Waals surface area contributed by atoms with Gasteiger partial charge in [0.25, 0.3) is 0 Å². The van der Waals surface area contributed by atoms with E-state index < -0.39 is 17.4 Å². The highest BCUT2D eigenvalue weighted by Gasteiger charge is 2.34. The smallest absolute Gasteiger partial charge is 0.449 e. The number of aliphatic imine (C=N–C) groups is 1. The number of fused-ring (bicyclic) bond motifs is 1. The second kappa shape index (κ2) is 5.16. The zero-order valence-corrected chi connectivity index (χ0v) is 10.6.